The fraction of sp³-hybridized carbons (Fsp3) is 0.500. The molecule has 1 aliphatic carbocycles. The summed E-state index contributed by atoms with van der Waals surface area (Å²) >= 11 is 6.22. The van der Waals surface area contributed by atoms with Gasteiger partial charge in [-0.25, -0.2) is 4.98 Å². The van der Waals surface area contributed by atoms with Crippen LogP contribution in [0, 0.1) is 12.8 Å². The Labute approximate surface area is 139 Å². The van der Waals surface area contributed by atoms with Crippen LogP contribution in [0.1, 0.15) is 37.6 Å². The predicted octanol–water partition coefficient (Wildman–Crippen LogP) is 2.78. The molecule has 1 saturated carbocycles. The first-order valence-corrected chi connectivity index (χ1v) is 7.82. The van der Waals surface area contributed by atoms with Crippen LogP contribution in [0.2, 0.25) is 5.15 Å². The SMILES string of the molecule is COc1nc(C)ncc1-c1cc([C@H]2C[C@@H]2C(C)(C)O)c(Cl)nn1. The van der Waals surface area contributed by atoms with Gasteiger partial charge >= 0.3 is 0 Å². The maximum absolute atomic E-state index is 10.2. The molecule has 1 aliphatic rings. The minimum atomic E-state index is -0.734. The molecule has 2 atom stereocenters. The van der Waals surface area contributed by atoms with E-state index in [1.54, 1.807) is 20.2 Å². The fourth-order valence-corrected chi connectivity index (χ4v) is 3.12. The first-order valence-electron chi connectivity index (χ1n) is 7.44. The van der Waals surface area contributed by atoms with Crippen LogP contribution in [-0.4, -0.2) is 38.0 Å². The first kappa shape index (κ1) is 16.1. The van der Waals surface area contributed by atoms with Gasteiger partial charge in [0.15, 0.2) is 5.15 Å². The molecule has 23 heavy (non-hydrogen) atoms. The first-order chi connectivity index (χ1) is 10.8. The molecule has 0 saturated heterocycles. The average molecular weight is 335 g/mol. The van der Waals surface area contributed by atoms with Gasteiger partial charge in [0.25, 0.3) is 0 Å². The summed E-state index contributed by atoms with van der Waals surface area (Å²) in [7, 11) is 1.56. The Bertz CT molecular complexity index is 745. The quantitative estimate of drug-likeness (QED) is 0.926. The average Bonchev–Trinajstić information content (AvgIpc) is 3.28. The molecule has 0 aliphatic heterocycles. The third kappa shape index (κ3) is 3.14. The topological polar surface area (TPSA) is 81.0 Å². The molecule has 0 bridgehead atoms. The number of aryl methyl sites for hydroxylation is 1. The summed E-state index contributed by atoms with van der Waals surface area (Å²) in [5, 5.41) is 18.7. The van der Waals surface area contributed by atoms with Crippen LogP contribution in [0.25, 0.3) is 11.3 Å². The van der Waals surface area contributed by atoms with Crippen molar-refractivity contribution >= 4 is 11.6 Å². The summed E-state index contributed by atoms with van der Waals surface area (Å²) in [6, 6.07) is 1.89. The third-order valence-electron chi connectivity index (χ3n) is 4.22. The molecule has 2 heterocycles. The molecule has 0 aromatic carbocycles. The van der Waals surface area contributed by atoms with E-state index in [2.05, 4.69) is 20.2 Å². The monoisotopic (exact) mass is 334 g/mol. The van der Waals surface area contributed by atoms with Gasteiger partial charge in [0.1, 0.15) is 11.5 Å². The highest BCUT2D eigenvalue weighted by Crippen LogP contribution is 2.54. The van der Waals surface area contributed by atoms with E-state index in [-0.39, 0.29) is 11.8 Å². The Morgan fingerprint density at radius 2 is 2.09 bits per heavy atom. The molecule has 0 amide bonds. The number of halogens is 1. The fourth-order valence-electron chi connectivity index (χ4n) is 2.88. The van der Waals surface area contributed by atoms with Crippen molar-refractivity contribution in [2.75, 3.05) is 7.11 Å². The van der Waals surface area contributed by atoms with Crippen LogP contribution in [-0.2, 0) is 0 Å². The number of ether oxygens (including phenoxy) is 1. The summed E-state index contributed by atoms with van der Waals surface area (Å²) < 4.78 is 5.31. The van der Waals surface area contributed by atoms with Crippen molar-refractivity contribution in [1.82, 2.24) is 20.2 Å². The Morgan fingerprint density at radius 1 is 1.35 bits per heavy atom. The van der Waals surface area contributed by atoms with Crippen molar-refractivity contribution in [3.05, 3.63) is 28.8 Å². The molecule has 0 unspecified atom stereocenters. The van der Waals surface area contributed by atoms with Gasteiger partial charge in [-0.05, 0) is 50.7 Å². The second-order valence-corrected chi connectivity index (χ2v) is 6.78. The zero-order valence-electron chi connectivity index (χ0n) is 13.5. The van der Waals surface area contributed by atoms with Gasteiger partial charge in [-0.1, -0.05) is 11.6 Å². The Balaban J connectivity index is 1.99. The number of hydrogen-bond donors (Lipinski definition) is 1. The minimum absolute atomic E-state index is 0.174. The molecule has 2 aromatic heterocycles. The van der Waals surface area contributed by atoms with Gasteiger partial charge in [-0.2, -0.15) is 4.98 Å². The van der Waals surface area contributed by atoms with Crippen molar-refractivity contribution in [3.63, 3.8) is 0 Å². The second kappa shape index (κ2) is 5.69. The van der Waals surface area contributed by atoms with E-state index in [1.807, 2.05) is 19.9 Å². The van der Waals surface area contributed by atoms with Crippen molar-refractivity contribution in [2.24, 2.45) is 5.92 Å². The highest BCUT2D eigenvalue weighted by atomic mass is 35.5. The summed E-state index contributed by atoms with van der Waals surface area (Å²) in [6.07, 6.45) is 2.55. The molecule has 0 radical (unpaired) electrons. The van der Waals surface area contributed by atoms with Crippen molar-refractivity contribution in [3.8, 4) is 17.1 Å². The predicted molar refractivity (Wildman–Crippen MR) is 86.5 cm³/mol. The Hall–Kier alpha value is -1.79. The lowest BCUT2D eigenvalue weighted by Crippen LogP contribution is -2.22. The van der Waals surface area contributed by atoms with E-state index >= 15 is 0 Å². The molecular weight excluding hydrogens is 316 g/mol. The van der Waals surface area contributed by atoms with Crippen LogP contribution in [0.3, 0.4) is 0 Å². The largest absolute Gasteiger partial charge is 0.480 e. The normalized spacial score (nSPS) is 20.4. The minimum Gasteiger partial charge on any atom is -0.480 e. The van der Waals surface area contributed by atoms with Gasteiger partial charge in [-0.3, -0.25) is 0 Å². The highest BCUT2D eigenvalue weighted by Gasteiger charge is 2.48. The molecule has 2 aromatic rings. The Morgan fingerprint density at radius 3 is 2.70 bits per heavy atom. The smallest absolute Gasteiger partial charge is 0.226 e. The third-order valence-corrected chi connectivity index (χ3v) is 4.51. The lowest BCUT2D eigenvalue weighted by molar-refractivity contribution is 0.0546. The summed E-state index contributed by atoms with van der Waals surface area (Å²) in [5.41, 5.74) is 1.44. The van der Waals surface area contributed by atoms with Crippen molar-refractivity contribution < 1.29 is 9.84 Å². The number of rotatable bonds is 4. The van der Waals surface area contributed by atoms with E-state index in [0.717, 1.165) is 12.0 Å². The maximum Gasteiger partial charge on any atom is 0.226 e. The van der Waals surface area contributed by atoms with E-state index in [0.29, 0.717) is 28.1 Å². The molecule has 3 rings (SSSR count). The van der Waals surface area contributed by atoms with E-state index in [4.69, 9.17) is 16.3 Å². The van der Waals surface area contributed by atoms with E-state index in [9.17, 15) is 5.11 Å². The molecule has 122 valence electrons. The molecule has 0 spiro atoms. The lowest BCUT2D eigenvalue weighted by Gasteiger charge is -2.17. The van der Waals surface area contributed by atoms with Crippen LogP contribution >= 0.6 is 11.6 Å². The van der Waals surface area contributed by atoms with Crippen LogP contribution < -0.4 is 4.74 Å². The number of aliphatic hydroxyl groups is 1. The van der Waals surface area contributed by atoms with Gasteiger partial charge in [0, 0.05) is 6.20 Å². The molecule has 7 heteroatoms. The van der Waals surface area contributed by atoms with Crippen molar-refractivity contribution in [1.29, 1.82) is 0 Å². The summed E-state index contributed by atoms with van der Waals surface area (Å²) in [6.45, 7) is 5.43. The van der Waals surface area contributed by atoms with Crippen LogP contribution in [0.15, 0.2) is 12.3 Å². The molecule has 1 N–H and O–H groups in total. The highest BCUT2D eigenvalue weighted by molar-refractivity contribution is 6.30. The van der Waals surface area contributed by atoms with Crippen LogP contribution in [0.5, 0.6) is 5.88 Å². The van der Waals surface area contributed by atoms with Crippen LogP contribution in [0.4, 0.5) is 0 Å². The number of hydrogen-bond acceptors (Lipinski definition) is 6. The molecule has 6 nitrogen and oxygen atoms in total. The van der Waals surface area contributed by atoms with Gasteiger partial charge in [-0.15, -0.1) is 10.2 Å². The van der Waals surface area contributed by atoms with E-state index < -0.39 is 5.60 Å². The number of aromatic nitrogens is 4. The number of nitrogens with zero attached hydrogens (tertiary/aromatic N) is 4. The number of methoxy groups -OCH3 is 1. The second-order valence-electron chi connectivity index (χ2n) is 6.42. The molecule has 1 fully saturated rings. The molecular formula is C16H19ClN4O2. The zero-order chi connectivity index (χ0) is 16.8. The van der Waals surface area contributed by atoms with Gasteiger partial charge < -0.3 is 9.84 Å². The maximum atomic E-state index is 10.2. The summed E-state index contributed by atoms with van der Waals surface area (Å²) in [5.74, 6) is 1.44. The zero-order valence-corrected chi connectivity index (χ0v) is 14.3. The van der Waals surface area contributed by atoms with E-state index in [1.165, 1.54) is 0 Å². The van der Waals surface area contributed by atoms with Gasteiger partial charge in [0.05, 0.1) is 18.3 Å². The standard InChI is InChI=1S/C16H19ClN4O2/c1-8-18-7-11(15(19-8)23-4)13-6-10(14(17)21-20-13)9-5-12(9)16(2,3)22/h6-7,9,12,22H,5H2,1-4H3/t9-,12+/m1/s1. The summed E-state index contributed by atoms with van der Waals surface area (Å²) in [4.78, 5) is 8.46. The van der Waals surface area contributed by atoms with Crippen molar-refractivity contribution in [2.45, 2.75) is 38.7 Å². The van der Waals surface area contributed by atoms with Gasteiger partial charge in [0.2, 0.25) is 5.88 Å². The lowest BCUT2D eigenvalue weighted by atomic mass is 9.99. The Kier molecular flexibility index (Phi) is 3.98.